The van der Waals surface area contributed by atoms with E-state index in [9.17, 15) is 27.2 Å². The Morgan fingerprint density at radius 3 is 2.43 bits per heavy atom. The van der Waals surface area contributed by atoms with Crippen molar-refractivity contribution in [3.63, 3.8) is 0 Å². The molecule has 3 aromatic carbocycles. The van der Waals surface area contributed by atoms with E-state index in [1.54, 1.807) is 0 Å². The van der Waals surface area contributed by atoms with Gasteiger partial charge in [0, 0.05) is 11.6 Å². The van der Waals surface area contributed by atoms with E-state index in [1.165, 1.54) is 36.4 Å². The van der Waals surface area contributed by atoms with Gasteiger partial charge in [-0.25, -0.2) is 14.0 Å². The molecular formula is C21H10F4O4S. The van der Waals surface area contributed by atoms with Crippen molar-refractivity contribution in [3.8, 4) is 16.9 Å². The summed E-state index contributed by atoms with van der Waals surface area (Å²) >= 11 is 0.724. The molecule has 0 unspecified atom stereocenters. The molecule has 4 aromatic rings. The molecule has 0 saturated heterocycles. The molecule has 0 bridgehead atoms. The van der Waals surface area contributed by atoms with Crippen LogP contribution in [0, 0.1) is 5.82 Å². The molecule has 0 aliphatic carbocycles. The molecule has 4 nitrogen and oxygen atoms in total. The number of hydrogen-bond donors (Lipinski definition) is 0. The second-order valence-corrected chi connectivity index (χ2v) is 7.20. The van der Waals surface area contributed by atoms with Gasteiger partial charge in [0.2, 0.25) is 0 Å². The van der Waals surface area contributed by atoms with Gasteiger partial charge >= 0.3 is 17.1 Å². The topological polar surface area (TPSA) is 56.5 Å². The lowest BCUT2D eigenvalue weighted by Crippen LogP contribution is -2.08. The molecule has 1 heterocycles. The maximum Gasteiger partial charge on any atom is 0.416 e. The number of alkyl halides is 3. The molecule has 152 valence electrons. The maximum atomic E-state index is 13.1. The number of benzene rings is 3. The fraction of sp³-hybridized carbons (Fsp3) is 0.0476. The number of rotatable bonds is 3. The van der Waals surface area contributed by atoms with Gasteiger partial charge in [0.15, 0.2) is 5.58 Å². The molecule has 30 heavy (non-hydrogen) atoms. The van der Waals surface area contributed by atoms with E-state index in [-0.39, 0.29) is 28.0 Å². The largest absolute Gasteiger partial charge is 0.423 e. The summed E-state index contributed by atoms with van der Waals surface area (Å²) in [6.07, 6.45) is -4.56. The number of hydrogen-bond acceptors (Lipinski definition) is 5. The first kappa shape index (κ1) is 19.8. The average molecular weight is 434 g/mol. The van der Waals surface area contributed by atoms with Crippen molar-refractivity contribution < 1.29 is 31.5 Å². The highest BCUT2D eigenvalue weighted by molar-refractivity contribution is 7.16. The monoisotopic (exact) mass is 434 g/mol. The third-order valence-electron chi connectivity index (χ3n) is 4.20. The Hall–Kier alpha value is -3.46. The lowest BCUT2D eigenvalue weighted by atomic mass is 10.0. The molecule has 1 aromatic heterocycles. The summed E-state index contributed by atoms with van der Waals surface area (Å²) in [6.45, 7) is 0. The van der Waals surface area contributed by atoms with Crippen molar-refractivity contribution in [2.24, 2.45) is 0 Å². The summed E-state index contributed by atoms with van der Waals surface area (Å²) in [5, 5.41) is 0. The normalized spacial score (nSPS) is 11.6. The van der Waals surface area contributed by atoms with E-state index >= 15 is 0 Å². The third-order valence-corrected chi connectivity index (χ3v) is 4.97. The molecule has 9 heteroatoms. The molecule has 0 N–H and O–H groups in total. The van der Waals surface area contributed by atoms with Crippen molar-refractivity contribution in [1.29, 1.82) is 0 Å². The highest BCUT2D eigenvalue weighted by Gasteiger charge is 2.30. The molecular weight excluding hydrogens is 424 g/mol. The Bertz CT molecular complexity index is 1300. The van der Waals surface area contributed by atoms with Crippen LogP contribution in [0.4, 0.5) is 17.6 Å². The van der Waals surface area contributed by atoms with Crippen LogP contribution >= 0.6 is 11.3 Å². The SMILES string of the molecule is O=C(Oc1cc(-c2cccc(C(F)(F)F)c2)c2oc(=O)sc2c1)c1ccc(F)cc1. The van der Waals surface area contributed by atoms with E-state index in [0.717, 1.165) is 35.6 Å². The number of halogens is 4. The summed E-state index contributed by atoms with van der Waals surface area (Å²) in [5.74, 6) is -1.32. The van der Waals surface area contributed by atoms with E-state index < -0.39 is 28.5 Å². The van der Waals surface area contributed by atoms with Crippen LogP contribution in [0.3, 0.4) is 0 Å². The van der Waals surface area contributed by atoms with Crippen LogP contribution in [0.15, 0.2) is 69.9 Å². The van der Waals surface area contributed by atoms with Gasteiger partial charge in [0.25, 0.3) is 0 Å². The van der Waals surface area contributed by atoms with Crippen LogP contribution in [0.25, 0.3) is 21.4 Å². The standard InChI is InChI=1S/C21H10F4O4S/c22-14-6-4-11(5-7-14)19(26)28-15-9-16(18-17(10-15)30-20(27)29-18)12-2-1-3-13(8-12)21(23,24)25/h1-10H. The van der Waals surface area contributed by atoms with E-state index in [1.807, 2.05) is 0 Å². The second kappa shape index (κ2) is 7.42. The van der Waals surface area contributed by atoms with Gasteiger partial charge in [0.05, 0.1) is 15.8 Å². The second-order valence-electron chi connectivity index (χ2n) is 6.23. The average Bonchev–Trinajstić information content (AvgIpc) is 3.07. The molecule has 0 radical (unpaired) electrons. The Morgan fingerprint density at radius 1 is 1.00 bits per heavy atom. The first-order valence-electron chi connectivity index (χ1n) is 8.44. The van der Waals surface area contributed by atoms with Gasteiger partial charge in [-0.05, 0) is 48.0 Å². The minimum absolute atomic E-state index is 0.00119. The summed E-state index contributed by atoms with van der Waals surface area (Å²) in [7, 11) is 0. The third kappa shape index (κ3) is 3.97. The zero-order valence-corrected chi connectivity index (χ0v) is 15.6. The highest BCUT2D eigenvalue weighted by Crippen LogP contribution is 2.37. The van der Waals surface area contributed by atoms with Crippen LogP contribution in [0.1, 0.15) is 15.9 Å². The van der Waals surface area contributed by atoms with Gasteiger partial charge in [-0.2, -0.15) is 13.2 Å². The molecule has 4 rings (SSSR count). The fourth-order valence-corrected chi connectivity index (χ4v) is 3.56. The van der Waals surface area contributed by atoms with Crippen molar-refractivity contribution in [2.45, 2.75) is 6.18 Å². The molecule has 0 atom stereocenters. The van der Waals surface area contributed by atoms with Crippen LogP contribution in [0.5, 0.6) is 5.75 Å². The maximum absolute atomic E-state index is 13.1. The fourth-order valence-electron chi connectivity index (χ4n) is 2.84. The van der Waals surface area contributed by atoms with Crippen molar-refractivity contribution in [1.82, 2.24) is 0 Å². The Kier molecular flexibility index (Phi) is 4.90. The lowest BCUT2D eigenvalue weighted by Gasteiger charge is -2.11. The Balaban J connectivity index is 1.79. The van der Waals surface area contributed by atoms with E-state index in [2.05, 4.69) is 0 Å². The zero-order valence-electron chi connectivity index (χ0n) is 14.8. The van der Waals surface area contributed by atoms with Crippen molar-refractivity contribution in [2.75, 3.05) is 0 Å². The van der Waals surface area contributed by atoms with E-state index in [0.29, 0.717) is 4.70 Å². The number of fused-ring (bicyclic) bond motifs is 1. The molecule has 0 aliphatic rings. The van der Waals surface area contributed by atoms with Gasteiger partial charge in [0.1, 0.15) is 11.6 Å². The number of carbonyl (C=O) groups excluding carboxylic acids is 1. The van der Waals surface area contributed by atoms with Crippen LogP contribution in [0.2, 0.25) is 0 Å². The number of ether oxygens (including phenoxy) is 1. The van der Waals surface area contributed by atoms with Gasteiger partial charge < -0.3 is 9.15 Å². The molecule has 0 fully saturated rings. The summed E-state index contributed by atoms with van der Waals surface area (Å²) in [5.41, 5.74) is -0.405. The molecule has 0 amide bonds. The molecule has 0 saturated carbocycles. The van der Waals surface area contributed by atoms with Crippen molar-refractivity contribution >= 4 is 27.6 Å². The predicted octanol–water partition coefficient (Wildman–Crippen LogP) is 5.90. The van der Waals surface area contributed by atoms with Crippen molar-refractivity contribution in [3.05, 3.63) is 87.3 Å². The smallest absolute Gasteiger partial charge is 0.416 e. The minimum Gasteiger partial charge on any atom is -0.423 e. The zero-order chi connectivity index (χ0) is 21.5. The Labute approximate surface area is 170 Å². The number of carbonyl (C=O) groups is 1. The van der Waals surface area contributed by atoms with Crippen LogP contribution in [-0.4, -0.2) is 5.97 Å². The summed E-state index contributed by atoms with van der Waals surface area (Å²) in [4.78, 5) is 23.4. The minimum atomic E-state index is -4.56. The van der Waals surface area contributed by atoms with Crippen LogP contribution < -0.4 is 9.68 Å². The van der Waals surface area contributed by atoms with Gasteiger partial charge in [-0.3, -0.25) is 0 Å². The first-order chi connectivity index (χ1) is 14.2. The summed E-state index contributed by atoms with van der Waals surface area (Å²) in [6, 6.07) is 11.8. The Morgan fingerprint density at radius 2 is 1.73 bits per heavy atom. The predicted molar refractivity (Wildman–Crippen MR) is 102 cm³/mol. The highest BCUT2D eigenvalue weighted by atomic mass is 32.1. The summed E-state index contributed by atoms with van der Waals surface area (Å²) < 4.78 is 63.1. The molecule has 0 spiro atoms. The van der Waals surface area contributed by atoms with Gasteiger partial charge in [-0.1, -0.05) is 23.5 Å². The lowest BCUT2D eigenvalue weighted by molar-refractivity contribution is -0.137. The van der Waals surface area contributed by atoms with Gasteiger partial charge in [-0.15, -0.1) is 0 Å². The molecule has 0 aliphatic heterocycles. The quantitative estimate of drug-likeness (QED) is 0.229. The first-order valence-corrected chi connectivity index (χ1v) is 9.25. The number of esters is 1. The van der Waals surface area contributed by atoms with Crippen LogP contribution in [-0.2, 0) is 6.18 Å². The van der Waals surface area contributed by atoms with E-state index in [4.69, 9.17) is 9.15 Å².